The van der Waals surface area contributed by atoms with Gasteiger partial charge in [-0.1, -0.05) is 48.5 Å². The highest BCUT2D eigenvalue weighted by molar-refractivity contribution is 7.95. The number of carbonyl (C=O) groups excluding carboxylic acids is 3. The maximum absolute atomic E-state index is 12.5. The minimum atomic E-state index is -3.83. The van der Waals surface area contributed by atoms with Gasteiger partial charge in [0.15, 0.2) is 11.9 Å². The summed E-state index contributed by atoms with van der Waals surface area (Å²) in [5.74, 6) is -1.53. The van der Waals surface area contributed by atoms with Crippen LogP contribution in [0.2, 0.25) is 0 Å². The highest BCUT2D eigenvalue weighted by Gasteiger charge is 2.20. The molecule has 0 aliphatic heterocycles. The van der Waals surface area contributed by atoms with Gasteiger partial charge in [-0.3, -0.25) is 14.3 Å². The maximum Gasteiger partial charge on any atom is 0.338 e. The zero-order valence-corrected chi connectivity index (χ0v) is 19.9. The number of carbonyl (C=O) groups is 3. The van der Waals surface area contributed by atoms with Gasteiger partial charge in [-0.25, -0.2) is 13.2 Å². The van der Waals surface area contributed by atoms with Crippen molar-refractivity contribution in [2.24, 2.45) is 0 Å². The molecule has 0 spiro atoms. The van der Waals surface area contributed by atoms with Crippen molar-refractivity contribution in [3.05, 3.63) is 101 Å². The summed E-state index contributed by atoms with van der Waals surface area (Å²) in [4.78, 5) is 36.5. The number of hydrogen-bond acceptors (Lipinski definition) is 6. The predicted octanol–water partition coefficient (Wildman–Crippen LogP) is 4.49. The molecule has 0 unspecified atom stereocenters. The number of rotatable bonds is 9. The standard InChI is InChI=1S/C26H24N2O6S/c1-18(29)21-10-6-12-23(16-21)27-25(30)19(2)34-26(31)22-11-7-13-24(17-22)28-35(32,33)15-14-20-8-4-3-5-9-20/h3-17,19,28H,1-2H3,(H,27,30)/b15-14+/t19-/m1/s1. The molecule has 0 aromatic heterocycles. The number of esters is 1. The molecule has 8 nitrogen and oxygen atoms in total. The quantitative estimate of drug-likeness (QED) is 0.336. The number of ketones is 1. The minimum absolute atomic E-state index is 0.0652. The van der Waals surface area contributed by atoms with E-state index < -0.39 is 28.0 Å². The van der Waals surface area contributed by atoms with E-state index in [1.54, 1.807) is 42.5 Å². The van der Waals surface area contributed by atoms with Crippen molar-refractivity contribution in [3.8, 4) is 0 Å². The lowest BCUT2D eigenvalue weighted by molar-refractivity contribution is -0.123. The molecule has 3 rings (SSSR count). The summed E-state index contributed by atoms with van der Waals surface area (Å²) >= 11 is 0. The number of amides is 1. The summed E-state index contributed by atoms with van der Waals surface area (Å²) < 4.78 is 32.4. The monoisotopic (exact) mass is 492 g/mol. The molecule has 2 N–H and O–H groups in total. The molecule has 0 aliphatic rings. The van der Waals surface area contributed by atoms with Gasteiger partial charge in [0.25, 0.3) is 15.9 Å². The molecule has 1 atom stereocenters. The third-order valence-electron chi connectivity index (χ3n) is 4.79. The molecule has 0 fully saturated rings. The van der Waals surface area contributed by atoms with Crippen LogP contribution in [-0.2, 0) is 19.6 Å². The topological polar surface area (TPSA) is 119 Å². The average Bonchev–Trinajstić information content (AvgIpc) is 2.83. The van der Waals surface area contributed by atoms with Gasteiger partial charge in [0.05, 0.1) is 11.0 Å². The highest BCUT2D eigenvalue weighted by Crippen LogP contribution is 2.16. The van der Waals surface area contributed by atoms with E-state index in [1.807, 2.05) is 6.07 Å². The Morgan fingerprint density at radius 1 is 0.857 bits per heavy atom. The van der Waals surface area contributed by atoms with Gasteiger partial charge in [-0.2, -0.15) is 0 Å². The van der Waals surface area contributed by atoms with E-state index in [9.17, 15) is 22.8 Å². The molecule has 180 valence electrons. The van der Waals surface area contributed by atoms with E-state index in [-0.39, 0.29) is 17.0 Å². The number of sulfonamides is 1. The van der Waals surface area contributed by atoms with Crippen molar-refractivity contribution in [2.75, 3.05) is 10.0 Å². The van der Waals surface area contributed by atoms with Crippen molar-refractivity contribution < 1.29 is 27.5 Å². The van der Waals surface area contributed by atoms with Crippen LogP contribution in [0.25, 0.3) is 6.08 Å². The van der Waals surface area contributed by atoms with Crippen LogP contribution < -0.4 is 10.0 Å². The molecule has 9 heteroatoms. The molecular formula is C26H24N2O6S. The number of nitrogens with one attached hydrogen (secondary N) is 2. The molecule has 0 radical (unpaired) electrons. The third kappa shape index (κ3) is 7.65. The fraction of sp³-hybridized carbons (Fsp3) is 0.115. The molecule has 35 heavy (non-hydrogen) atoms. The second kappa shape index (κ2) is 11.3. The first kappa shape index (κ1) is 25.4. The Kier molecular flexibility index (Phi) is 8.17. The van der Waals surface area contributed by atoms with Crippen LogP contribution >= 0.6 is 0 Å². The van der Waals surface area contributed by atoms with Crippen molar-refractivity contribution in [1.29, 1.82) is 0 Å². The minimum Gasteiger partial charge on any atom is -0.449 e. The molecule has 0 bridgehead atoms. The number of hydrogen-bond donors (Lipinski definition) is 2. The summed E-state index contributed by atoms with van der Waals surface area (Å²) in [7, 11) is -3.83. The normalized spacial score (nSPS) is 12.1. The number of anilines is 2. The van der Waals surface area contributed by atoms with Crippen molar-refractivity contribution in [1.82, 2.24) is 0 Å². The second-order valence-corrected chi connectivity index (χ2v) is 9.18. The van der Waals surface area contributed by atoms with E-state index in [2.05, 4.69) is 10.0 Å². The first-order valence-corrected chi connectivity index (χ1v) is 12.2. The Balaban J connectivity index is 1.62. The molecule has 1 amide bonds. The Morgan fingerprint density at radius 2 is 1.49 bits per heavy atom. The number of ether oxygens (including phenoxy) is 1. The number of benzene rings is 3. The van der Waals surface area contributed by atoms with Gasteiger partial charge in [0.2, 0.25) is 0 Å². The van der Waals surface area contributed by atoms with Crippen LogP contribution in [0, 0.1) is 0 Å². The van der Waals surface area contributed by atoms with Gasteiger partial charge in [-0.05, 0) is 55.8 Å². The smallest absolute Gasteiger partial charge is 0.338 e. The largest absolute Gasteiger partial charge is 0.449 e. The maximum atomic E-state index is 12.5. The van der Waals surface area contributed by atoms with Crippen molar-refractivity contribution in [3.63, 3.8) is 0 Å². The first-order valence-electron chi connectivity index (χ1n) is 10.6. The van der Waals surface area contributed by atoms with Gasteiger partial charge in [0.1, 0.15) is 0 Å². The SMILES string of the molecule is CC(=O)c1cccc(NC(=O)[C@@H](C)OC(=O)c2cccc(NS(=O)(=O)/C=C/c3ccccc3)c2)c1. The zero-order valence-electron chi connectivity index (χ0n) is 19.1. The third-order valence-corrected chi connectivity index (χ3v) is 5.80. The van der Waals surface area contributed by atoms with Crippen molar-refractivity contribution in [2.45, 2.75) is 20.0 Å². The molecule has 3 aromatic carbocycles. The molecule has 0 heterocycles. The predicted molar refractivity (Wildman–Crippen MR) is 134 cm³/mol. The van der Waals surface area contributed by atoms with Gasteiger partial charge in [-0.15, -0.1) is 0 Å². The van der Waals surface area contributed by atoms with Crippen LogP contribution in [-0.4, -0.2) is 32.2 Å². The fourth-order valence-electron chi connectivity index (χ4n) is 2.98. The molecular weight excluding hydrogens is 468 g/mol. The van der Waals surface area contributed by atoms with Crippen LogP contribution in [0.1, 0.15) is 40.1 Å². The summed E-state index contributed by atoms with van der Waals surface area (Å²) in [5.41, 5.74) is 1.78. The first-order chi connectivity index (χ1) is 16.6. The zero-order chi connectivity index (χ0) is 25.4. The lowest BCUT2D eigenvalue weighted by Gasteiger charge is -2.14. The van der Waals surface area contributed by atoms with Gasteiger partial charge >= 0.3 is 5.97 Å². The summed E-state index contributed by atoms with van der Waals surface area (Å²) in [6.07, 6.45) is 0.310. The van der Waals surface area contributed by atoms with Crippen LogP contribution in [0.15, 0.2) is 84.3 Å². The molecule has 3 aromatic rings. The summed E-state index contributed by atoms with van der Waals surface area (Å²) in [6.45, 7) is 2.82. The van der Waals surface area contributed by atoms with Crippen LogP contribution in [0.5, 0.6) is 0 Å². The molecule has 0 aliphatic carbocycles. The summed E-state index contributed by atoms with van der Waals surface area (Å²) in [5, 5.41) is 3.62. The van der Waals surface area contributed by atoms with E-state index in [0.717, 1.165) is 11.0 Å². The molecule has 0 saturated heterocycles. The average molecular weight is 493 g/mol. The Labute approximate surface area is 203 Å². The van der Waals surface area contributed by atoms with Crippen molar-refractivity contribution >= 4 is 45.1 Å². The Bertz CT molecular complexity index is 1370. The summed E-state index contributed by atoms with van der Waals surface area (Å²) in [6, 6.07) is 21.1. The Morgan fingerprint density at radius 3 is 2.17 bits per heavy atom. The fourth-order valence-corrected chi connectivity index (χ4v) is 3.84. The molecule has 0 saturated carbocycles. The van der Waals surface area contributed by atoms with E-state index >= 15 is 0 Å². The van der Waals surface area contributed by atoms with E-state index in [1.165, 1.54) is 50.3 Å². The van der Waals surface area contributed by atoms with Gasteiger partial charge < -0.3 is 10.1 Å². The van der Waals surface area contributed by atoms with Crippen LogP contribution in [0.3, 0.4) is 0 Å². The Hall–Kier alpha value is -4.24. The second-order valence-electron chi connectivity index (χ2n) is 7.62. The van der Waals surface area contributed by atoms with Gasteiger partial charge in [0, 0.05) is 16.9 Å². The lowest BCUT2D eigenvalue weighted by atomic mass is 10.1. The van der Waals surface area contributed by atoms with Crippen LogP contribution in [0.4, 0.5) is 11.4 Å². The highest BCUT2D eigenvalue weighted by atomic mass is 32.2. The lowest BCUT2D eigenvalue weighted by Crippen LogP contribution is -2.30. The van der Waals surface area contributed by atoms with E-state index in [0.29, 0.717) is 11.3 Å². The van der Waals surface area contributed by atoms with E-state index in [4.69, 9.17) is 4.74 Å². The number of Topliss-reactive ketones (excluding diaryl/α,β-unsaturated/α-hetero) is 1.